The molecular weight excluding hydrogens is 322 g/mol. The molecule has 2 aliphatic heterocycles. The second-order valence-corrected chi connectivity index (χ2v) is 10.1. The van der Waals surface area contributed by atoms with E-state index >= 15 is 0 Å². The molecule has 2 saturated heterocycles. The molecule has 0 bridgehead atoms. The largest absolute Gasteiger partial charge is 0.354 e. The molecule has 3 heteroatoms. The zero-order valence-corrected chi connectivity index (χ0v) is 16.4. The van der Waals surface area contributed by atoms with Gasteiger partial charge in [0.2, 0.25) is 5.91 Å². The van der Waals surface area contributed by atoms with Crippen molar-refractivity contribution in [1.29, 1.82) is 0 Å². The first-order valence-corrected chi connectivity index (χ1v) is 10.4. The van der Waals surface area contributed by atoms with E-state index < -0.39 is 0 Å². The van der Waals surface area contributed by atoms with Gasteiger partial charge in [0.15, 0.2) is 0 Å². The molecule has 1 aromatic carbocycles. The molecule has 0 radical (unpaired) electrons. The van der Waals surface area contributed by atoms with Gasteiger partial charge in [-0.3, -0.25) is 4.79 Å². The molecule has 4 aliphatic rings. The summed E-state index contributed by atoms with van der Waals surface area (Å²) in [5.74, 6) is 2.26. The van der Waals surface area contributed by atoms with Gasteiger partial charge < -0.3 is 9.64 Å². The average Bonchev–Trinajstić information content (AvgIpc) is 2.74. The zero-order chi connectivity index (χ0) is 18.3. The highest BCUT2D eigenvalue weighted by atomic mass is 16.5. The molecule has 0 N–H and O–H groups in total. The van der Waals surface area contributed by atoms with Crippen LogP contribution in [0.15, 0.2) is 30.3 Å². The van der Waals surface area contributed by atoms with Crippen molar-refractivity contribution in [1.82, 2.24) is 4.90 Å². The summed E-state index contributed by atoms with van der Waals surface area (Å²) in [5, 5.41) is 0. The number of fused-ring (bicyclic) bond motifs is 4. The normalized spacial score (nSPS) is 46.2. The Balaban J connectivity index is 1.53. The zero-order valence-electron chi connectivity index (χ0n) is 16.4. The molecule has 0 aromatic heterocycles. The fourth-order valence-electron chi connectivity index (χ4n) is 6.70. The number of ether oxygens (including phenoxy) is 1. The Morgan fingerprint density at radius 1 is 1.12 bits per heavy atom. The number of benzene rings is 1. The summed E-state index contributed by atoms with van der Waals surface area (Å²) in [6.07, 6.45) is 4.80. The highest BCUT2D eigenvalue weighted by Crippen LogP contribution is 2.66. The lowest BCUT2D eigenvalue weighted by atomic mass is 9.54. The molecule has 1 amide bonds. The summed E-state index contributed by atoms with van der Waals surface area (Å²) in [6.45, 7) is 9.11. The number of hydrogen-bond donors (Lipinski definition) is 0. The van der Waals surface area contributed by atoms with Crippen molar-refractivity contribution in [3.8, 4) is 0 Å². The second-order valence-electron chi connectivity index (χ2n) is 10.1. The van der Waals surface area contributed by atoms with Gasteiger partial charge >= 0.3 is 0 Å². The second kappa shape index (κ2) is 5.34. The third-order valence-corrected chi connectivity index (χ3v) is 8.21. The first-order chi connectivity index (χ1) is 12.3. The Morgan fingerprint density at radius 2 is 1.85 bits per heavy atom. The van der Waals surface area contributed by atoms with E-state index in [1.165, 1.54) is 18.4 Å². The molecule has 0 spiro atoms. The molecule has 2 saturated carbocycles. The summed E-state index contributed by atoms with van der Waals surface area (Å²) < 4.78 is 6.75. The van der Waals surface area contributed by atoms with Gasteiger partial charge in [-0.2, -0.15) is 0 Å². The smallest absolute Gasteiger partial charge is 0.231 e. The Hall–Kier alpha value is -1.35. The predicted octanol–water partition coefficient (Wildman–Crippen LogP) is 4.58. The van der Waals surface area contributed by atoms with Crippen molar-refractivity contribution in [2.45, 2.75) is 77.2 Å². The van der Waals surface area contributed by atoms with Crippen molar-refractivity contribution in [2.24, 2.45) is 23.2 Å². The van der Waals surface area contributed by atoms with E-state index in [0.717, 1.165) is 18.8 Å². The van der Waals surface area contributed by atoms with Crippen LogP contribution in [0.4, 0.5) is 0 Å². The third kappa shape index (κ3) is 2.01. The molecule has 140 valence electrons. The van der Waals surface area contributed by atoms with Crippen LogP contribution in [0.3, 0.4) is 0 Å². The minimum absolute atomic E-state index is 0.0481. The molecule has 0 unspecified atom stereocenters. The highest BCUT2D eigenvalue weighted by molar-refractivity contribution is 5.88. The lowest BCUT2D eigenvalue weighted by Gasteiger charge is -2.56. The van der Waals surface area contributed by atoms with E-state index in [0.29, 0.717) is 23.8 Å². The molecular formula is C23H31NO2. The maximum Gasteiger partial charge on any atom is 0.231 e. The van der Waals surface area contributed by atoms with E-state index in [2.05, 4.69) is 62.9 Å². The van der Waals surface area contributed by atoms with Gasteiger partial charge in [0.25, 0.3) is 0 Å². The number of amides is 1. The Morgan fingerprint density at radius 3 is 2.58 bits per heavy atom. The van der Waals surface area contributed by atoms with Crippen molar-refractivity contribution in [2.75, 3.05) is 0 Å². The van der Waals surface area contributed by atoms with Gasteiger partial charge in [-0.25, -0.2) is 0 Å². The van der Waals surface area contributed by atoms with Crippen LogP contribution >= 0.6 is 0 Å². The van der Waals surface area contributed by atoms with Gasteiger partial charge in [-0.15, -0.1) is 0 Å². The fraction of sp³-hybridized carbons (Fsp3) is 0.696. The van der Waals surface area contributed by atoms with Gasteiger partial charge in [0.05, 0.1) is 11.5 Å². The van der Waals surface area contributed by atoms with Gasteiger partial charge in [-0.05, 0) is 50.5 Å². The first kappa shape index (κ1) is 16.8. The van der Waals surface area contributed by atoms with E-state index in [-0.39, 0.29) is 23.1 Å². The van der Waals surface area contributed by atoms with Gasteiger partial charge in [0, 0.05) is 17.4 Å². The molecule has 7 atom stereocenters. The molecule has 2 aliphatic carbocycles. The summed E-state index contributed by atoms with van der Waals surface area (Å²) in [7, 11) is 0. The minimum atomic E-state index is -0.248. The van der Waals surface area contributed by atoms with Crippen LogP contribution in [0.5, 0.6) is 0 Å². The summed E-state index contributed by atoms with van der Waals surface area (Å²) >= 11 is 0. The van der Waals surface area contributed by atoms with E-state index in [1.54, 1.807) is 0 Å². The van der Waals surface area contributed by atoms with Crippen LogP contribution in [0.2, 0.25) is 0 Å². The van der Waals surface area contributed by atoms with Crippen molar-refractivity contribution < 1.29 is 9.53 Å². The van der Waals surface area contributed by atoms with E-state index in [4.69, 9.17) is 4.74 Å². The molecule has 2 heterocycles. The minimum Gasteiger partial charge on any atom is -0.354 e. The van der Waals surface area contributed by atoms with Gasteiger partial charge in [-0.1, -0.05) is 50.6 Å². The van der Waals surface area contributed by atoms with Crippen molar-refractivity contribution >= 4 is 5.91 Å². The first-order valence-electron chi connectivity index (χ1n) is 10.4. The molecule has 4 fully saturated rings. The van der Waals surface area contributed by atoms with Crippen LogP contribution in [-0.2, 0) is 9.53 Å². The number of hydrogen-bond acceptors (Lipinski definition) is 2. The molecule has 5 rings (SSSR count). The molecule has 3 nitrogen and oxygen atoms in total. The molecule has 1 aromatic rings. The van der Waals surface area contributed by atoms with E-state index in [1.807, 2.05) is 0 Å². The topological polar surface area (TPSA) is 29.5 Å². The van der Waals surface area contributed by atoms with Crippen LogP contribution in [0, 0.1) is 23.2 Å². The number of carbonyl (C=O) groups excluding carboxylic acids is 1. The Kier molecular flexibility index (Phi) is 3.45. The van der Waals surface area contributed by atoms with Crippen LogP contribution in [-0.4, -0.2) is 28.7 Å². The van der Waals surface area contributed by atoms with Crippen LogP contribution < -0.4 is 0 Å². The number of nitrogens with zero attached hydrogens (tertiary/aromatic N) is 1. The SMILES string of the molecule is C[C@@H]1CC[C@@H]2[C@@H](C1)O[C@H]1[C@@H]3[C@H](c4ccccc4)C[C@]3(C)C(=O)N1C2(C)C. The lowest BCUT2D eigenvalue weighted by molar-refractivity contribution is -0.233. The quantitative estimate of drug-likeness (QED) is 0.740. The Labute approximate surface area is 157 Å². The third-order valence-electron chi connectivity index (χ3n) is 8.21. The maximum absolute atomic E-state index is 13.5. The van der Waals surface area contributed by atoms with Crippen LogP contribution in [0.1, 0.15) is 64.9 Å². The van der Waals surface area contributed by atoms with Gasteiger partial charge in [0.1, 0.15) is 6.23 Å². The summed E-state index contributed by atoms with van der Waals surface area (Å²) in [6, 6.07) is 10.7. The lowest BCUT2D eigenvalue weighted by Crippen LogP contribution is -2.64. The number of rotatable bonds is 1. The summed E-state index contributed by atoms with van der Waals surface area (Å²) in [5.41, 5.74) is 1.01. The van der Waals surface area contributed by atoms with E-state index in [9.17, 15) is 4.79 Å². The number of carbonyl (C=O) groups is 1. The fourth-order valence-corrected chi connectivity index (χ4v) is 6.70. The highest BCUT2D eigenvalue weighted by Gasteiger charge is 2.71. The standard InChI is InChI=1S/C23H31NO2/c1-14-10-11-17-18(12-14)26-20-19-16(15-8-6-5-7-9-15)13-23(19,4)21(25)24(20)22(17,2)3/h5-9,14,16-20H,10-13H2,1-4H3/t14-,16+,17-,18-,19+,20+,23+/m1/s1. The molecule has 26 heavy (non-hydrogen) atoms. The average molecular weight is 354 g/mol. The maximum atomic E-state index is 13.5. The summed E-state index contributed by atoms with van der Waals surface area (Å²) in [4.78, 5) is 15.7. The monoisotopic (exact) mass is 353 g/mol. The Bertz CT molecular complexity index is 729. The van der Waals surface area contributed by atoms with Crippen LogP contribution in [0.25, 0.3) is 0 Å². The van der Waals surface area contributed by atoms with Crippen molar-refractivity contribution in [3.63, 3.8) is 0 Å². The predicted molar refractivity (Wildman–Crippen MR) is 101 cm³/mol. The van der Waals surface area contributed by atoms with Crippen molar-refractivity contribution in [3.05, 3.63) is 35.9 Å².